The van der Waals surface area contributed by atoms with Crippen LogP contribution in [0.25, 0.3) is 0 Å². The van der Waals surface area contributed by atoms with E-state index in [0.29, 0.717) is 0 Å². The number of nitrogens with zero attached hydrogens (tertiary/aromatic N) is 6. The first-order chi connectivity index (χ1) is 20.7. The normalized spacial score (nSPS) is 14.5. The third-order valence-corrected chi connectivity index (χ3v) is 5.18. The maximum atomic E-state index is 9.87. The number of aromatic nitrogens is 4. The number of hydrogen-bond acceptors (Lipinski definition) is 6. The molecule has 47 heavy (non-hydrogen) atoms. The molecular formula is C26H28F12N6NiP2. The molecule has 0 aliphatic heterocycles. The Balaban J connectivity index is 0.000000619. The van der Waals surface area contributed by atoms with E-state index in [1.807, 2.05) is 73.3 Å². The largest absolute Gasteiger partial charge is 2.00 e. The molecule has 0 saturated heterocycles. The van der Waals surface area contributed by atoms with E-state index in [-0.39, 0.29) is 16.5 Å². The van der Waals surface area contributed by atoms with Crippen LogP contribution in [0.4, 0.5) is 50.4 Å². The van der Waals surface area contributed by atoms with Crippen LogP contribution >= 0.6 is 15.6 Å². The van der Waals surface area contributed by atoms with Crippen LogP contribution in [0.15, 0.2) is 97.6 Å². The van der Waals surface area contributed by atoms with Gasteiger partial charge in [0.2, 0.25) is 0 Å². The molecule has 0 saturated carbocycles. The molecule has 0 radical (unpaired) electrons. The zero-order valence-electron chi connectivity index (χ0n) is 23.9. The van der Waals surface area contributed by atoms with Crippen LogP contribution in [0.3, 0.4) is 0 Å². The minimum Gasteiger partial charge on any atom is -0.290 e. The van der Waals surface area contributed by atoms with Gasteiger partial charge in [-0.1, -0.05) is 24.3 Å². The van der Waals surface area contributed by atoms with Gasteiger partial charge in [-0.15, -0.1) is 0 Å². The summed E-state index contributed by atoms with van der Waals surface area (Å²) in [7, 11) is -21.3. The number of halogens is 12. The Kier molecular flexibility index (Phi) is 13.5. The molecule has 4 heterocycles. The Hall–Kier alpha value is -2.97. The molecule has 0 aromatic carbocycles. The zero-order chi connectivity index (χ0) is 34.7. The van der Waals surface area contributed by atoms with Gasteiger partial charge in [0.25, 0.3) is 0 Å². The van der Waals surface area contributed by atoms with Crippen molar-refractivity contribution in [1.82, 2.24) is 29.7 Å². The van der Waals surface area contributed by atoms with E-state index >= 15 is 0 Å². The fraction of sp³-hybridized carbons (Fsp3) is 0.231. The molecule has 0 unspecified atom stereocenters. The van der Waals surface area contributed by atoms with Crippen LogP contribution < -0.4 is 0 Å². The van der Waals surface area contributed by atoms with Crippen LogP contribution in [0, 0.1) is 0 Å². The van der Waals surface area contributed by atoms with E-state index in [1.165, 1.54) is 0 Å². The summed E-state index contributed by atoms with van der Waals surface area (Å²) in [4.78, 5) is 22.9. The molecule has 0 amide bonds. The molecule has 266 valence electrons. The van der Waals surface area contributed by atoms with Gasteiger partial charge in [-0.2, -0.15) is 0 Å². The van der Waals surface area contributed by atoms with E-state index in [1.54, 1.807) is 0 Å². The summed E-state index contributed by atoms with van der Waals surface area (Å²) in [5.41, 5.74) is 4.24. The van der Waals surface area contributed by atoms with Gasteiger partial charge < -0.3 is 0 Å². The molecule has 4 rings (SSSR count). The molecule has 0 bridgehead atoms. The maximum Gasteiger partial charge on any atom is 2.00 e. The van der Waals surface area contributed by atoms with Crippen molar-refractivity contribution in [3.05, 3.63) is 120 Å². The predicted octanol–water partition coefficient (Wildman–Crippen LogP) is 10.7. The van der Waals surface area contributed by atoms with Crippen LogP contribution in [0.5, 0.6) is 0 Å². The van der Waals surface area contributed by atoms with Gasteiger partial charge in [-0.05, 0) is 48.5 Å². The molecule has 0 N–H and O–H groups in total. The summed E-state index contributed by atoms with van der Waals surface area (Å²) < 4.78 is 118. The molecule has 0 fully saturated rings. The van der Waals surface area contributed by atoms with Gasteiger partial charge in [0.05, 0.1) is 22.8 Å². The first-order valence-corrected chi connectivity index (χ1v) is 17.0. The maximum absolute atomic E-state index is 10.7. The zero-order valence-corrected chi connectivity index (χ0v) is 26.7. The predicted molar refractivity (Wildman–Crippen MR) is 152 cm³/mol. The van der Waals surface area contributed by atoms with Gasteiger partial charge in [0.1, 0.15) is 0 Å². The summed E-state index contributed by atoms with van der Waals surface area (Å²) in [5.74, 6) is 0. The van der Waals surface area contributed by atoms with Crippen molar-refractivity contribution in [2.45, 2.75) is 26.2 Å². The van der Waals surface area contributed by atoms with Crippen LogP contribution in [0.2, 0.25) is 0 Å². The molecule has 0 atom stereocenters. The van der Waals surface area contributed by atoms with E-state index < -0.39 is 15.6 Å². The summed E-state index contributed by atoms with van der Waals surface area (Å²) in [6.45, 7) is 4.87. The van der Waals surface area contributed by atoms with Crippen molar-refractivity contribution in [3.8, 4) is 0 Å². The monoisotopic (exact) mass is 772 g/mol. The third-order valence-electron chi connectivity index (χ3n) is 5.18. The SMILES string of the molecule is F[P-](F)(F)(F)(F)F.F[P-](F)(F)(F)(F)F.[Ni+2].c1ccc(CN(CCN(Cc2ccccn2)Cc2ccccn2)Cc2ccccn2)nc1. The van der Waals surface area contributed by atoms with Crippen molar-refractivity contribution >= 4 is 15.6 Å². The van der Waals surface area contributed by atoms with E-state index in [2.05, 4.69) is 54.0 Å². The van der Waals surface area contributed by atoms with Gasteiger partial charge in [0.15, 0.2) is 0 Å². The van der Waals surface area contributed by atoms with E-state index in [0.717, 1.165) is 62.0 Å². The second-order valence-electron chi connectivity index (χ2n) is 9.62. The molecule has 6 nitrogen and oxygen atoms in total. The van der Waals surface area contributed by atoms with Gasteiger partial charge in [-0.3, -0.25) is 29.7 Å². The third kappa shape index (κ3) is 28.9. The van der Waals surface area contributed by atoms with E-state index in [4.69, 9.17) is 0 Å². The first kappa shape index (κ1) is 42.1. The quantitative estimate of drug-likeness (QED) is 0.0860. The molecule has 0 aliphatic rings. The fourth-order valence-electron chi connectivity index (χ4n) is 3.59. The Labute approximate surface area is 271 Å². The second-order valence-corrected chi connectivity index (χ2v) is 13.5. The fourth-order valence-corrected chi connectivity index (χ4v) is 3.59. The van der Waals surface area contributed by atoms with Crippen LogP contribution in [-0.2, 0) is 42.7 Å². The smallest absolute Gasteiger partial charge is 0.290 e. The number of hydrogen-bond donors (Lipinski definition) is 0. The second kappa shape index (κ2) is 15.1. The summed E-state index contributed by atoms with van der Waals surface area (Å²) in [5, 5.41) is 0. The Morgan fingerprint density at radius 1 is 0.383 bits per heavy atom. The van der Waals surface area contributed by atoms with Crippen molar-refractivity contribution in [1.29, 1.82) is 0 Å². The van der Waals surface area contributed by atoms with Crippen molar-refractivity contribution in [2.75, 3.05) is 13.1 Å². The molecular weight excluding hydrogens is 745 g/mol. The molecule has 4 aromatic rings. The van der Waals surface area contributed by atoms with Gasteiger partial charge >= 0.3 is 82.5 Å². The minimum absolute atomic E-state index is 0. The Morgan fingerprint density at radius 2 is 0.574 bits per heavy atom. The average molecular weight is 773 g/mol. The number of rotatable bonds is 11. The molecule has 4 aromatic heterocycles. The van der Waals surface area contributed by atoms with Crippen LogP contribution in [0.1, 0.15) is 22.8 Å². The summed E-state index contributed by atoms with van der Waals surface area (Å²) in [6, 6.07) is 24.3. The van der Waals surface area contributed by atoms with Crippen molar-refractivity contribution in [2.24, 2.45) is 0 Å². The Bertz CT molecular complexity index is 1250. The van der Waals surface area contributed by atoms with Crippen molar-refractivity contribution in [3.63, 3.8) is 0 Å². The topological polar surface area (TPSA) is 58.0 Å². The summed E-state index contributed by atoms with van der Waals surface area (Å²) >= 11 is 0. The molecule has 0 spiro atoms. The first-order valence-electron chi connectivity index (χ1n) is 12.9. The van der Waals surface area contributed by atoms with Crippen molar-refractivity contribution < 1.29 is 66.9 Å². The van der Waals surface area contributed by atoms with Gasteiger partial charge in [-0.25, -0.2) is 0 Å². The average Bonchev–Trinajstić information content (AvgIpc) is 2.90. The van der Waals surface area contributed by atoms with Crippen LogP contribution in [-0.4, -0.2) is 42.8 Å². The standard InChI is InChI=1S/C26H28N6.2F6P.Ni/c1-5-13-27-23(9-1)19-31(20-24-10-2-6-14-28-24)17-18-32(21-25-11-3-7-15-29-25)22-26-12-4-8-16-30-26;2*1-7(2,3,4,5)6;/h1-16H,17-22H2;;;/q;2*-1;+2. The van der Waals surface area contributed by atoms with Gasteiger partial charge in [0, 0.05) is 64.1 Å². The Morgan fingerprint density at radius 3 is 0.723 bits per heavy atom. The summed E-state index contributed by atoms with van der Waals surface area (Å²) in [6.07, 6.45) is 7.40. The molecule has 0 aliphatic carbocycles. The molecule has 21 heteroatoms. The van der Waals surface area contributed by atoms with E-state index in [9.17, 15) is 50.4 Å². The minimum atomic E-state index is -10.7. The number of pyridine rings is 4.